The van der Waals surface area contributed by atoms with Gasteiger partial charge in [0.05, 0.1) is 13.2 Å². The Morgan fingerprint density at radius 1 is 0.882 bits per heavy atom. The summed E-state index contributed by atoms with van der Waals surface area (Å²) in [4.78, 5) is 0. The largest absolute Gasteiger partial charge is 0.395 e. The normalized spacial score (nSPS) is 12.5. The Labute approximate surface area is 107 Å². The van der Waals surface area contributed by atoms with E-state index in [2.05, 4.69) is 19.9 Å². The number of allylic oxidation sites excluding steroid dienone is 1. The molecule has 0 radical (unpaired) electrons. The lowest BCUT2D eigenvalue weighted by atomic mass is 9.83. The van der Waals surface area contributed by atoms with Gasteiger partial charge in [-0.1, -0.05) is 58.1 Å². The molecule has 17 heavy (non-hydrogen) atoms. The van der Waals surface area contributed by atoms with Gasteiger partial charge in [0.15, 0.2) is 0 Å². The molecule has 0 aliphatic rings. The van der Waals surface area contributed by atoms with Gasteiger partial charge in [-0.25, -0.2) is 0 Å². The molecule has 0 saturated carbocycles. The lowest BCUT2D eigenvalue weighted by Gasteiger charge is -2.26. The Morgan fingerprint density at radius 2 is 1.47 bits per heavy atom. The van der Waals surface area contributed by atoms with Gasteiger partial charge in [0.2, 0.25) is 0 Å². The first-order chi connectivity index (χ1) is 8.24. The van der Waals surface area contributed by atoms with Gasteiger partial charge < -0.3 is 10.2 Å². The van der Waals surface area contributed by atoms with Gasteiger partial charge >= 0.3 is 0 Å². The van der Waals surface area contributed by atoms with Gasteiger partial charge in [0, 0.05) is 5.41 Å². The van der Waals surface area contributed by atoms with Gasteiger partial charge in [0.25, 0.3) is 0 Å². The summed E-state index contributed by atoms with van der Waals surface area (Å²) in [7, 11) is 0. The van der Waals surface area contributed by atoms with E-state index in [9.17, 15) is 10.2 Å². The standard InChI is InChI=1S/C15H30O2/c1-3-5-7-8-10-12-15(13-16,14-17)11-9-6-4-2/h10,12,16-17H,3-9,11,13-14H2,1-2H3. The molecule has 0 bridgehead atoms. The van der Waals surface area contributed by atoms with E-state index >= 15 is 0 Å². The van der Waals surface area contributed by atoms with Crippen LogP contribution in [-0.4, -0.2) is 23.4 Å². The van der Waals surface area contributed by atoms with E-state index < -0.39 is 0 Å². The zero-order valence-corrected chi connectivity index (χ0v) is 11.6. The number of aliphatic hydroxyl groups excluding tert-OH is 2. The average Bonchev–Trinajstić information content (AvgIpc) is 2.37. The van der Waals surface area contributed by atoms with Crippen molar-refractivity contribution in [3.05, 3.63) is 12.2 Å². The molecule has 0 aliphatic carbocycles. The van der Waals surface area contributed by atoms with Gasteiger partial charge in [-0.05, 0) is 19.3 Å². The Hall–Kier alpha value is -0.340. The molecule has 102 valence electrons. The van der Waals surface area contributed by atoms with E-state index in [1.165, 1.54) is 32.1 Å². The summed E-state index contributed by atoms with van der Waals surface area (Å²) in [5.74, 6) is 0. The summed E-state index contributed by atoms with van der Waals surface area (Å²) in [6, 6.07) is 0. The summed E-state index contributed by atoms with van der Waals surface area (Å²) in [6.07, 6.45) is 13.2. The third-order valence-corrected chi connectivity index (χ3v) is 3.35. The van der Waals surface area contributed by atoms with Gasteiger partial charge in [-0.15, -0.1) is 0 Å². The van der Waals surface area contributed by atoms with Crippen LogP contribution >= 0.6 is 0 Å². The predicted octanol–water partition coefficient (Wildman–Crippen LogP) is 3.67. The fourth-order valence-corrected chi connectivity index (χ4v) is 1.97. The first-order valence-corrected chi connectivity index (χ1v) is 7.14. The van der Waals surface area contributed by atoms with Gasteiger partial charge in [0.1, 0.15) is 0 Å². The Balaban J connectivity index is 4.09. The zero-order chi connectivity index (χ0) is 13.0. The maximum atomic E-state index is 9.47. The Morgan fingerprint density at radius 3 is 2.00 bits per heavy atom. The van der Waals surface area contributed by atoms with Crippen molar-refractivity contribution in [1.29, 1.82) is 0 Å². The van der Waals surface area contributed by atoms with Gasteiger partial charge in [-0.2, -0.15) is 0 Å². The monoisotopic (exact) mass is 242 g/mol. The van der Waals surface area contributed by atoms with Crippen LogP contribution < -0.4 is 0 Å². The fraction of sp³-hybridized carbons (Fsp3) is 0.867. The van der Waals surface area contributed by atoms with E-state index in [-0.39, 0.29) is 18.6 Å². The van der Waals surface area contributed by atoms with Crippen molar-refractivity contribution in [2.24, 2.45) is 5.41 Å². The maximum Gasteiger partial charge on any atom is 0.0544 e. The smallest absolute Gasteiger partial charge is 0.0544 e. The SMILES string of the molecule is CCCCCC=CC(CO)(CO)CCCCC. The van der Waals surface area contributed by atoms with Crippen LogP contribution in [0, 0.1) is 5.41 Å². The molecule has 0 saturated heterocycles. The molecule has 2 nitrogen and oxygen atoms in total. The highest BCUT2D eigenvalue weighted by atomic mass is 16.3. The van der Waals surface area contributed by atoms with Gasteiger partial charge in [-0.3, -0.25) is 0 Å². The van der Waals surface area contributed by atoms with Crippen molar-refractivity contribution in [3.63, 3.8) is 0 Å². The third-order valence-electron chi connectivity index (χ3n) is 3.35. The summed E-state index contributed by atoms with van der Waals surface area (Å²) >= 11 is 0. The summed E-state index contributed by atoms with van der Waals surface area (Å²) in [5.41, 5.74) is -0.388. The number of unbranched alkanes of at least 4 members (excludes halogenated alkanes) is 5. The van der Waals surface area contributed by atoms with Crippen LogP contribution in [0.3, 0.4) is 0 Å². The fourth-order valence-electron chi connectivity index (χ4n) is 1.97. The van der Waals surface area contributed by atoms with Crippen LogP contribution in [0.25, 0.3) is 0 Å². The lowest BCUT2D eigenvalue weighted by Crippen LogP contribution is -2.27. The number of hydrogen-bond acceptors (Lipinski definition) is 2. The molecule has 0 unspecified atom stereocenters. The van der Waals surface area contributed by atoms with E-state index in [1.54, 1.807) is 0 Å². The van der Waals surface area contributed by atoms with E-state index in [4.69, 9.17) is 0 Å². The van der Waals surface area contributed by atoms with Crippen molar-refractivity contribution in [1.82, 2.24) is 0 Å². The minimum atomic E-state index is -0.388. The van der Waals surface area contributed by atoms with Crippen molar-refractivity contribution in [3.8, 4) is 0 Å². The highest BCUT2D eigenvalue weighted by Crippen LogP contribution is 2.26. The molecule has 0 rings (SSSR count). The number of rotatable bonds is 11. The first-order valence-electron chi connectivity index (χ1n) is 7.14. The molecule has 0 spiro atoms. The first kappa shape index (κ1) is 16.7. The van der Waals surface area contributed by atoms with Crippen molar-refractivity contribution in [2.45, 2.75) is 65.2 Å². The van der Waals surface area contributed by atoms with E-state index in [0.717, 1.165) is 19.3 Å². The van der Waals surface area contributed by atoms with Crippen LogP contribution in [0.1, 0.15) is 65.2 Å². The Kier molecular flexibility index (Phi) is 10.6. The topological polar surface area (TPSA) is 40.5 Å². The minimum Gasteiger partial charge on any atom is -0.395 e. The molecule has 0 aromatic heterocycles. The second-order valence-corrected chi connectivity index (χ2v) is 5.03. The molecule has 2 heteroatoms. The molecule has 0 fully saturated rings. The quantitative estimate of drug-likeness (QED) is 0.428. The second-order valence-electron chi connectivity index (χ2n) is 5.03. The summed E-state index contributed by atoms with van der Waals surface area (Å²) in [6.45, 7) is 4.47. The van der Waals surface area contributed by atoms with Crippen LogP contribution in [0.2, 0.25) is 0 Å². The van der Waals surface area contributed by atoms with Crippen molar-refractivity contribution >= 4 is 0 Å². The molecule has 0 aromatic rings. The summed E-state index contributed by atoms with van der Waals surface area (Å²) < 4.78 is 0. The highest BCUT2D eigenvalue weighted by molar-refractivity contribution is 4.99. The molecular formula is C15H30O2. The number of hydrogen-bond donors (Lipinski definition) is 2. The highest BCUT2D eigenvalue weighted by Gasteiger charge is 2.24. The van der Waals surface area contributed by atoms with Crippen LogP contribution in [0.4, 0.5) is 0 Å². The molecule has 0 atom stereocenters. The molecule has 0 heterocycles. The van der Waals surface area contributed by atoms with Crippen LogP contribution in [-0.2, 0) is 0 Å². The lowest BCUT2D eigenvalue weighted by molar-refractivity contribution is 0.0839. The molecule has 0 amide bonds. The second kappa shape index (κ2) is 10.8. The molecule has 0 aromatic carbocycles. The zero-order valence-electron chi connectivity index (χ0n) is 11.6. The maximum absolute atomic E-state index is 9.47. The third kappa shape index (κ3) is 7.56. The van der Waals surface area contributed by atoms with Crippen molar-refractivity contribution in [2.75, 3.05) is 13.2 Å². The minimum absolute atomic E-state index is 0.0531. The van der Waals surface area contributed by atoms with Crippen LogP contribution in [0.15, 0.2) is 12.2 Å². The van der Waals surface area contributed by atoms with Crippen LogP contribution in [0.5, 0.6) is 0 Å². The predicted molar refractivity (Wildman–Crippen MR) is 74.0 cm³/mol. The molecule has 0 aliphatic heterocycles. The Bertz CT molecular complexity index is 183. The van der Waals surface area contributed by atoms with E-state index in [0.29, 0.717) is 0 Å². The summed E-state index contributed by atoms with van der Waals surface area (Å²) in [5, 5.41) is 18.9. The van der Waals surface area contributed by atoms with E-state index in [1.807, 2.05) is 6.08 Å². The number of aliphatic hydroxyl groups is 2. The molecular weight excluding hydrogens is 212 g/mol. The molecule has 2 N–H and O–H groups in total. The average molecular weight is 242 g/mol. The van der Waals surface area contributed by atoms with Crippen molar-refractivity contribution < 1.29 is 10.2 Å².